The number of rotatable bonds is 4. The summed E-state index contributed by atoms with van der Waals surface area (Å²) in [6.07, 6.45) is 0. The molecular formula is C17H17NO2. The van der Waals surface area contributed by atoms with Gasteiger partial charge in [0.05, 0.1) is 7.11 Å². The van der Waals surface area contributed by atoms with Crippen LogP contribution >= 0.6 is 0 Å². The van der Waals surface area contributed by atoms with Crippen LogP contribution in [0.1, 0.15) is 11.3 Å². The highest BCUT2D eigenvalue weighted by Gasteiger charge is 2.11. The van der Waals surface area contributed by atoms with Gasteiger partial charge in [-0.1, -0.05) is 30.3 Å². The van der Waals surface area contributed by atoms with E-state index in [1.54, 1.807) is 7.11 Å². The molecule has 1 N–H and O–H groups in total. The molecule has 0 amide bonds. The molecule has 102 valence electrons. The van der Waals surface area contributed by atoms with Gasteiger partial charge in [0.25, 0.3) is 0 Å². The summed E-state index contributed by atoms with van der Waals surface area (Å²) in [5.41, 5.74) is 3.31. The van der Waals surface area contributed by atoms with Crippen molar-refractivity contribution in [3.05, 3.63) is 59.8 Å². The normalized spacial score (nSPS) is 10.7. The molecule has 0 radical (unpaired) electrons. The van der Waals surface area contributed by atoms with Gasteiger partial charge in [0, 0.05) is 16.6 Å². The molecule has 1 heterocycles. The average molecular weight is 267 g/mol. The third-order valence-corrected chi connectivity index (χ3v) is 3.30. The number of aromatic nitrogens is 1. The van der Waals surface area contributed by atoms with E-state index in [9.17, 15) is 0 Å². The summed E-state index contributed by atoms with van der Waals surface area (Å²) in [4.78, 5) is 3.31. The fraction of sp³-hybridized carbons (Fsp3) is 0.176. The van der Waals surface area contributed by atoms with Crippen molar-refractivity contribution in [2.75, 3.05) is 7.11 Å². The molecule has 1 aromatic heterocycles. The number of H-pyrrole nitrogens is 1. The second-order valence-electron chi connectivity index (χ2n) is 4.78. The van der Waals surface area contributed by atoms with E-state index < -0.39 is 0 Å². The van der Waals surface area contributed by atoms with Crippen molar-refractivity contribution in [3.8, 4) is 11.5 Å². The van der Waals surface area contributed by atoms with E-state index in [-0.39, 0.29) is 0 Å². The zero-order valence-electron chi connectivity index (χ0n) is 11.6. The van der Waals surface area contributed by atoms with Crippen LogP contribution in [-0.2, 0) is 6.61 Å². The number of hydrogen-bond donors (Lipinski definition) is 1. The maximum atomic E-state index is 6.00. The van der Waals surface area contributed by atoms with Crippen molar-refractivity contribution in [2.24, 2.45) is 0 Å². The minimum Gasteiger partial charge on any atom is -0.493 e. The lowest BCUT2D eigenvalue weighted by Gasteiger charge is -2.12. The molecule has 0 fully saturated rings. The highest BCUT2D eigenvalue weighted by molar-refractivity contribution is 5.89. The number of ether oxygens (including phenoxy) is 2. The van der Waals surface area contributed by atoms with Gasteiger partial charge in [-0.05, 0) is 30.7 Å². The van der Waals surface area contributed by atoms with E-state index in [0.717, 1.165) is 33.7 Å². The zero-order valence-corrected chi connectivity index (χ0v) is 11.6. The van der Waals surface area contributed by atoms with E-state index in [1.807, 2.05) is 37.3 Å². The van der Waals surface area contributed by atoms with Gasteiger partial charge in [0.1, 0.15) is 6.61 Å². The van der Waals surface area contributed by atoms with Crippen LogP contribution < -0.4 is 9.47 Å². The molecule has 3 heteroatoms. The number of hydrogen-bond acceptors (Lipinski definition) is 2. The van der Waals surface area contributed by atoms with Gasteiger partial charge >= 0.3 is 0 Å². The maximum absolute atomic E-state index is 6.00. The third-order valence-electron chi connectivity index (χ3n) is 3.30. The molecule has 2 aromatic carbocycles. The molecule has 3 rings (SSSR count). The van der Waals surface area contributed by atoms with Crippen LogP contribution in [0.25, 0.3) is 10.9 Å². The Bertz CT molecular complexity index is 716. The van der Waals surface area contributed by atoms with Gasteiger partial charge in [-0.25, -0.2) is 0 Å². The molecule has 0 spiro atoms. The van der Waals surface area contributed by atoms with Gasteiger partial charge in [-0.3, -0.25) is 0 Å². The van der Waals surface area contributed by atoms with Gasteiger partial charge in [0.15, 0.2) is 11.5 Å². The molecule has 0 aliphatic rings. The number of aromatic amines is 1. The Kier molecular flexibility index (Phi) is 3.33. The summed E-state index contributed by atoms with van der Waals surface area (Å²) in [6, 6.07) is 16.1. The van der Waals surface area contributed by atoms with Crippen molar-refractivity contribution in [1.29, 1.82) is 0 Å². The quantitative estimate of drug-likeness (QED) is 0.773. The predicted octanol–water partition coefficient (Wildman–Crippen LogP) is 4.06. The SMILES string of the molecule is COc1ccc2[nH]c(C)cc2c1OCc1ccccc1. The number of aryl methyl sites for hydroxylation is 1. The molecule has 0 aliphatic heterocycles. The number of methoxy groups -OCH3 is 1. The van der Waals surface area contributed by atoms with Crippen LogP contribution in [0.3, 0.4) is 0 Å². The van der Waals surface area contributed by atoms with Crippen molar-refractivity contribution in [1.82, 2.24) is 4.98 Å². The van der Waals surface area contributed by atoms with E-state index in [1.165, 1.54) is 0 Å². The van der Waals surface area contributed by atoms with Crippen LogP contribution in [0.4, 0.5) is 0 Å². The smallest absolute Gasteiger partial charge is 0.171 e. The first-order valence-electron chi connectivity index (χ1n) is 6.61. The minimum atomic E-state index is 0.528. The summed E-state index contributed by atoms with van der Waals surface area (Å²) in [5.74, 6) is 1.55. The van der Waals surface area contributed by atoms with E-state index in [2.05, 4.69) is 23.2 Å². The molecule has 3 aromatic rings. The van der Waals surface area contributed by atoms with Gasteiger partial charge in [-0.15, -0.1) is 0 Å². The molecule has 20 heavy (non-hydrogen) atoms. The van der Waals surface area contributed by atoms with Gasteiger partial charge in [-0.2, -0.15) is 0 Å². The molecule has 0 saturated carbocycles. The lowest BCUT2D eigenvalue weighted by atomic mass is 10.2. The zero-order chi connectivity index (χ0) is 13.9. The monoisotopic (exact) mass is 267 g/mol. The highest BCUT2D eigenvalue weighted by Crippen LogP contribution is 2.36. The summed E-state index contributed by atoms with van der Waals surface area (Å²) >= 11 is 0. The Morgan fingerprint density at radius 2 is 1.85 bits per heavy atom. The molecule has 3 nitrogen and oxygen atoms in total. The molecule has 0 unspecified atom stereocenters. The lowest BCUT2D eigenvalue weighted by Crippen LogP contribution is -1.97. The average Bonchev–Trinajstić information content (AvgIpc) is 2.86. The third kappa shape index (κ3) is 2.35. The number of benzene rings is 2. The first kappa shape index (κ1) is 12.6. The maximum Gasteiger partial charge on any atom is 0.171 e. The van der Waals surface area contributed by atoms with Gasteiger partial charge in [0.2, 0.25) is 0 Å². The summed E-state index contributed by atoms with van der Waals surface area (Å²) in [6.45, 7) is 2.56. The lowest BCUT2D eigenvalue weighted by molar-refractivity contribution is 0.288. The standard InChI is InChI=1S/C17H17NO2/c1-12-10-14-15(18-12)8-9-16(19-2)17(14)20-11-13-6-4-3-5-7-13/h3-10,18H,11H2,1-2H3. The van der Waals surface area contributed by atoms with Crippen molar-refractivity contribution in [3.63, 3.8) is 0 Å². The second kappa shape index (κ2) is 5.29. The summed E-state index contributed by atoms with van der Waals surface area (Å²) in [7, 11) is 1.66. The van der Waals surface area contributed by atoms with Crippen molar-refractivity contribution < 1.29 is 9.47 Å². The first-order chi connectivity index (χ1) is 9.78. The summed E-state index contributed by atoms with van der Waals surface area (Å²) < 4.78 is 11.4. The van der Waals surface area contributed by atoms with Crippen LogP contribution in [0.2, 0.25) is 0 Å². The first-order valence-corrected chi connectivity index (χ1v) is 6.61. The fourth-order valence-electron chi connectivity index (χ4n) is 2.34. The van der Waals surface area contributed by atoms with E-state index in [4.69, 9.17) is 9.47 Å². The van der Waals surface area contributed by atoms with Crippen molar-refractivity contribution in [2.45, 2.75) is 13.5 Å². The topological polar surface area (TPSA) is 34.2 Å². The van der Waals surface area contributed by atoms with Crippen LogP contribution in [0, 0.1) is 6.92 Å². The van der Waals surface area contributed by atoms with Crippen LogP contribution in [-0.4, -0.2) is 12.1 Å². The molecular weight excluding hydrogens is 250 g/mol. The Morgan fingerprint density at radius 3 is 2.60 bits per heavy atom. The van der Waals surface area contributed by atoms with E-state index >= 15 is 0 Å². The Balaban J connectivity index is 1.96. The van der Waals surface area contributed by atoms with E-state index in [0.29, 0.717) is 6.61 Å². The van der Waals surface area contributed by atoms with Crippen molar-refractivity contribution >= 4 is 10.9 Å². The van der Waals surface area contributed by atoms with Gasteiger partial charge < -0.3 is 14.5 Å². The fourth-order valence-corrected chi connectivity index (χ4v) is 2.34. The molecule has 0 saturated heterocycles. The number of nitrogens with one attached hydrogen (secondary N) is 1. The Labute approximate surface area is 118 Å². The largest absolute Gasteiger partial charge is 0.493 e. The molecule has 0 aliphatic carbocycles. The summed E-state index contributed by atoms with van der Waals surface area (Å²) in [5, 5.41) is 1.05. The number of fused-ring (bicyclic) bond motifs is 1. The second-order valence-corrected chi connectivity index (χ2v) is 4.78. The predicted molar refractivity (Wildman–Crippen MR) is 80.4 cm³/mol. The molecule has 0 bridgehead atoms. The van der Waals surface area contributed by atoms with Crippen LogP contribution in [0.15, 0.2) is 48.5 Å². The van der Waals surface area contributed by atoms with Crippen LogP contribution in [0.5, 0.6) is 11.5 Å². The highest BCUT2D eigenvalue weighted by atomic mass is 16.5. The Morgan fingerprint density at radius 1 is 1.05 bits per heavy atom. The molecule has 0 atom stereocenters. The minimum absolute atomic E-state index is 0.528. The Hall–Kier alpha value is -2.42.